The Kier molecular flexibility index (Phi) is 3.23. The first-order chi connectivity index (χ1) is 11.2. The molecular weight excluding hydrogens is 325 g/mol. The lowest BCUT2D eigenvalue weighted by Crippen LogP contribution is -2.43. The molecule has 3 aliphatic heterocycles. The molecule has 5 nitrogen and oxygen atoms in total. The highest BCUT2D eigenvalue weighted by atomic mass is 19.4. The highest BCUT2D eigenvalue weighted by Crippen LogP contribution is 2.51. The van der Waals surface area contributed by atoms with Gasteiger partial charge in [-0.05, 0) is 18.4 Å². The van der Waals surface area contributed by atoms with Crippen molar-refractivity contribution in [3.8, 4) is 0 Å². The van der Waals surface area contributed by atoms with Gasteiger partial charge in [0, 0.05) is 37.7 Å². The van der Waals surface area contributed by atoms with Gasteiger partial charge in [0.2, 0.25) is 5.91 Å². The van der Waals surface area contributed by atoms with Crippen LogP contribution in [-0.4, -0.2) is 52.8 Å². The number of amides is 1. The second-order valence-electron chi connectivity index (χ2n) is 7.20. The standard InChI is InChI=1S/C16H17F3N2O3/c17-16(18,19)9-3-8-7-21-12(4-11(8)20-6-9)13(23)15(14(21)24)2-1-10(22)5-15/h6,9,12-13,23H,1-5,7H2. The van der Waals surface area contributed by atoms with E-state index in [0.29, 0.717) is 17.7 Å². The number of aliphatic hydroxyl groups excluding tert-OH is 1. The molecule has 0 radical (unpaired) electrons. The predicted molar refractivity (Wildman–Crippen MR) is 77.1 cm³/mol. The summed E-state index contributed by atoms with van der Waals surface area (Å²) in [6, 6.07) is -0.498. The molecule has 130 valence electrons. The molecular formula is C16H17F3N2O3. The van der Waals surface area contributed by atoms with Gasteiger partial charge in [-0.25, -0.2) is 0 Å². The molecule has 0 bridgehead atoms. The van der Waals surface area contributed by atoms with Gasteiger partial charge >= 0.3 is 6.18 Å². The Morgan fingerprint density at radius 2 is 2.04 bits per heavy atom. The van der Waals surface area contributed by atoms with Crippen LogP contribution in [0.2, 0.25) is 0 Å². The Hall–Kier alpha value is -1.70. The average Bonchev–Trinajstić information content (AvgIpc) is 3.01. The Morgan fingerprint density at radius 1 is 1.29 bits per heavy atom. The van der Waals surface area contributed by atoms with Gasteiger partial charge in [-0.1, -0.05) is 0 Å². The monoisotopic (exact) mass is 342 g/mol. The minimum absolute atomic E-state index is 0.0269. The van der Waals surface area contributed by atoms with Crippen molar-refractivity contribution in [2.75, 3.05) is 6.54 Å². The smallest absolute Gasteiger partial charge is 0.390 e. The van der Waals surface area contributed by atoms with Gasteiger partial charge in [0.1, 0.15) is 5.78 Å². The van der Waals surface area contributed by atoms with Gasteiger partial charge in [0.25, 0.3) is 0 Å². The molecule has 1 saturated carbocycles. The fourth-order valence-electron chi connectivity index (χ4n) is 4.50. The molecule has 0 aromatic carbocycles. The number of halogens is 3. The van der Waals surface area contributed by atoms with Crippen LogP contribution in [0.4, 0.5) is 13.2 Å². The Bertz CT molecular complexity index is 685. The van der Waals surface area contributed by atoms with Crippen molar-refractivity contribution in [2.45, 2.75) is 50.4 Å². The van der Waals surface area contributed by atoms with E-state index in [1.54, 1.807) is 0 Å². The lowest BCUT2D eigenvalue weighted by Gasteiger charge is -2.35. The summed E-state index contributed by atoms with van der Waals surface area (Å²) in [5, 5.41) is 10.7. The van der Waals surface area contributed by atoms with E-state index in [1.165, 1.54) is 4.90 Å². The summed E-state index contributed by atoms with van der Waals surface area (Å²) in [6.45, 7) is 0.0652. The molecule has 3 heterocycles. The third-order valence-corrected chi connectivity index (χ3v) is 5.85. The van der Waals surface area contributed by atoms with E-state index in [-0.39, 0.29) is 43.9 Å². The van der Waals surface area contributed by atoms with E-state index < -0.39 is 29.7 Å². The van der Waals surface area contributed by atoms with E-state index in [4.69, 9.17) is 0 Å². The largest absolute Gasteiger partial charge is 0.396 e. The molecule has 1 saturated heterocycles. The number of aliphatic imine (C=N–C) groups is 1. The van der Waals surface area contributed by atoms with Crippen LogP contribution in [-0.2, 0) is 9.59 Å². The number of fused-ring (bicyclic) bond motifs is 1. The summed E-state index contributed by atoms with van der Waals surface area (Å²) in [5.41, 5.74) is -0.0215. The van der Waals surface area contributed by atoms with Crippen molar-refractivity contribution in [3.63, 3.8) is 0 Å². The molecule has 1 aliphatic carbocycles. The van der Waals surface area contributed by atoms with Gasteiger partial charge in [-0.3, -0.25) is 14.6 Å². The minimum atomic E-state index is -4.35. The molecule has 1 N–H and O–H groups in total. The summed E-state index contributed by atoms with van der Waals surface area (Å²) in [5.74, 6) is -1.97. The first kappa shape index (κ1) is 15.8. The van der Waals surface area contributed by atoms with Crippen LogP contribution >= 0.6 is 0 Å². The van der Waals surface area contributed by atoms with Crippen LogP contribution in [0.3, 0.4) is 0 Å². The summed E-state index contributed by atoms with van der Waals surface area (Å²) >= 11 is 0. The number of hydrogen-bond donors (Lipinski definition) is 1. The normalized spacial score (nSPS) is 39.0. The molecule has 4 rings (SSSR count). The third kappa shape index (κ3) is 2.08. The topological polar surface area (TPSA) is 70.0 Å². The molecule has 4 atom stereocenters. The fourth-order valence-corrected chi connectivity index (χ4v) is 4.50. The molecule has 0 aromatic heterocycles. The molecule has 8 heteroatoms. The van der Waals surface area contributed by atoms with Crippen molar-refractivity contribution < 1.29 is 27.9 Å². The van der Waals surface area contributed by atoms with E-state index >= 15 is 0 Å². The maximum atomic E-state index is 12.9. The number of hydrogen-bond acceptors (Lipinski definition) is 4. The second kappa shape index (κ2) is 4.91. The van der Waals surface area contributed by atoms with Gasteiger partial charge in [-0.15, -0.1) is 0 Å². The van der Waals surface area contributed by atoms with Crippen LogP contribution < -0.4 is 0 Å². The number of rotatable bonds is 0. The van der Waals surface area contributed by atoms with Crippen molar-refractivity contribution >= 4 is 17.9 Å². The molecule has 24 heavy (non-hydrogen) atoms. The number of Topliss-reactive ketones (excluding diaryl/α,β-unsaturated/α-hetero) is 1. The van der Waals surface area contributed by atoms with Crippen molar-refractivity contribution in [3.05, 3.63) is 11.3 Å². The van der Waals surface area contributed by atoms with Crippen LogP contribution in [0, 0.1) is 11.3 Å². The van der Waals surface area contributed by atoms with Crippen LogP contribution in [0.15, 0.2) is 16.3 Å². The molecule has 1 amide bonds. The van der Waals surface area contributed by atoms with Crippen LogP contribution in [0.5, 0.6) is 0 Å². The maximum Gasteiger partial charge on any atom is 0.396 e. The average molecular weight is 342 g/mol. The predicted octanol–water partition coefficient (Wildman–Crippen LogP) is 1.61. The molecule has 1 spiro atoms. The lowest BCUT2D eigenvalue weighted by molar-refractivity contribution is -0.154. The van der Waals surface area contributed by atoms with Crippen molar-refractivity contribution in [1.82, 2.24) is 4.90 Å². The number of carbonyl (C=O) groups excluding carboxylic acids is 2. The first-order valence-electron chi connectivity index (χ1n) is 8.05. The van der Waals surface area contributed by atoms with Gasteiger partial charge in [0.05, 0.1) is 23.5 Å². The minimum Gasteiger partial charge on any atom is -0.390 e. The Labute approximate surface area is 136 Å². The second-order valence-corrected chi connectivity index (χ2v) is 7.20. The SMILES string of the molecule is O=C1CCC2(C1)C(=O)N1CC3=C(CC1C2O)N=CC(C(F)(F)F)C3. The molecule has 4 unspecified atom stereocenters. The lowest BCUT2D eigenvalue weighted by atomic mass is 9.79. The molecule has 2 fully saturated rings. The van der Waals surface area contributed by atoms with Gasteiger partial charge in [-0.2, -0.15) is 13.2 Å². The fraction of sp³-hybridized carbons (Fsp3) is 0.688. The molecule has 0 aromatic rings. The number of aliphatic hydroxyl groups is 1. The van der Waals surface area contributed by atoms with Crippen molar-refractivity contribution in [1.29, 1.82) is 0 Å². The van der Waals surface area contributed by atoms with Gasteiger partial charge in [0.15, 0.2) is 0 Å². The zero-order valence-electron chi connectivity index (χ0n) is 12.8. The summed E-state index contributed by atoms with van der Waals surface area (Å²) in [4.78, 5) is 29.9. The van der Waals surface area contributed by atoms with Gasteiger partial charge < -0.3 is 10.0 Å². The number of alkyl halides is 3. The van der Waals surface area contributed by atoms with E-state index in [0.717, 1.165) is 6.21 Å². The zero-order chi connectivity index (χ0) is 17.3. The Morgan fingerprint density at radius 3 is 2.67 bits per heavy atom. The quantitative estimate of drug-likeness (QED) is 0.727. The number of carbonyl (C=O) groups is 2. The number of nitrogens with zero attached hydrogens (tertiary/aromatic N) is 2. The van der Waals surface area contributed by atoms with E-state index in [1.807, 2.05) is 0 Å². The summed E-state index contributed by atoms with van der Waals surface area (Å²) in [7, 11) is 0. The van der Waals surface area contributed by atoms with E-state index in [2.05, 4.69) is 4.99 Å². The first-order valence-corrected chi connectivity index (χ1v) is 8.05. The highest BCUT2D eigenvalue weighted by molar-refractivity contribution is 5.96. The van der Waals surface area contributed by atoms with Crippen LogP contribution in [0.25, 0.3) is 0 Å². The summed E-state index contributed by atoms with van der Waals surface area (Å²) < 4.78 is 38.8. The Balaban J connectivity index is 1.61. The number of ketones is 1. The zero-order valence-corrected chi connectivity index (χ0v) is 12.8. The summed E-state index contributed by atoms with van der Waals surface area (Å²) in [6.07, 6.45) is -3.73. The highest BCUT2D eigenvalue weighted by Gasteiger charge is 2.62. The van der Waals surface area contributed by atoms with Crippen molar-refractivity contribution in [2.24, 2.45) is 16.3 Å². The van der Waals surface area contributed by atoms with E-state index in [9.17, 15) is 27.9 Å². The third-order valence-electron chi connectivity index (χ3n) is 5.85. The van der Waals surface area contributed by atoms with Crippen LogP contribution in [0.1, 0.15) is 32.1 Å². The maximum absolute atomic E-state index is 12.9. The molecule has 4 aliphatic rings.